The molecule has 0 saturated heterocycles. The van der Waals surface area contributed by atoms with Crippen molar-refractivity contribution in [2.75, 3.05) is 0 Å². The number of carbonyl (C=O) groups is 1. The van der Waals surface area contributed by atoms with Crippen LogP contribution < -0.4 is 10.4 Å². The summed E-state index contributed by atoms with van der Waals surface area (Å²) >= 11 is 0. The van der Waals surface area contributed by atoms with Crippen LogP contribution in [0.15, 0.2) is 36.4 Å². The van der Waals surface area contributed by atoms with Crippen LogP contribution in [0.25, 0.3) is 12.2 Å². The van der Waals surface area contributed by atoms with Gasteiger partial charge in [0.1, 0.15) is 0 Å². The van der Waals surface area contributed by atoms with Crippen LogP contribution in [0.2, 0.25) is 0 Å². The first-order valence-corrected chi connectivity index (χ1v) is 7.20. The molecular weight excluding hydrogens is 244 g/mol. The molecule has 0 aromatic heterocycles. The zero-order valence-electron chi connectivity index (χ0n) is 11.5. The molecule has 0 radical (unpaired) electrons. The lowest BCUT2D eigenvalue weighted by molar-refractivity contribution is -0.113. The second kappa shape index (κ2) is 4.17. The third-order valence-electron chi connectivity index (χ3n) is 4.48. The molecule has 4 rings (SSSR count). The fourth-order valence-corrected chi connectivity index (χ4v) is 3.63. The fraction of sp³-hybridized carbons (Fsp3) is 0.211. The average Bonchev–Trinajstić information content (AvgIpc) is 2.46. The van der Waals surface area contributed by atoms with E-state index in [1.807, 2.05) is 6.08 Å². The van der Waals surface area contributed by atoms with Crippen molar-refractivity contribution in [1.82, 2.24) is 0 Å². The predicted molar refractivity (Wildman–Crippen MR) is 80.5 cm³/mol. The van der Waals surface area contributed by atoms with Gasteiger partial charge in [-0.25, -0.2) is 0 Å². The topological polar surface area (TPSA) is 17.1 Å². The summed E-state index contributed by atoms with van der Waals surface area (Å²) in [6, 6.07) is 12.9. The number of rotatable bonds is 0. The second-order valence-electron chi connectivity index (χ2n) is 5.81. The summed E-state index contributed by atoms with van der Waals surface area (Å²) in [5.74, 6) is 0.584. The smallest absolute Gasteiger partial charge is 0.156 e. The normalized spacial score (nSPS) is 19.2. The van der Waals surface area contributed by atoms with E-state index >= 15 is 0 Å². The number of fused-ring (bicyclic) bond motifs is 4. The average molecular weight is 260 g/mol. The van der Waals surface area contributed by atoms with Crippen molar-refractivity contribution in [2.45, 2.75) is 25.7 Å². The standard InChI is InChI=1S/C19H16O/c1-12-10-15(20)11-14-7-8-17-16-5-3-2-4-13(16)6-9-18(17)19(12)14/h2-8,11-12H,9-10H2,1H3. The Hall–Kier alpha value is -2.15. The minimum atomic E-state index is 0.255. The second-order valence-corrected chi connectivity index (χ2v) is 5.81. The van der Waals surface area contributed by atoms with Crippen LogP contribution in [0.5, 0.6) is 0 Å². The molecule has 2 aromatic rings. The van der Waals surface area contributed by atoms with E-state index in [4.69, 9.17) is 0 Å². The molecule has 0 N–H and O–H groups in total. The predicted octanol–water partition coefficient (Wildman–Crippen LogP) is 2.17. The summed E-state index contributed by atoms with van der Waals surface area (Å²) in [5.41, 5.74) is 2.80. The van der Waals surface area contributed by atoms with Crippen LogP contribution in [0.3, 0.4) is 0 Å². The van der Waals surface area contributed by atoms with Crippen molar-refractivity contribution in [3.8, 4) is 0 Å². The first-order chi connectivity index (χ1) is 9.74. The van der Waals surface area contributed by atoms with Gasteiger partial charge in [-0.05, 0) is 50.4 Å². The Morgan fingerprint density at radius 2 is 1.85 bits per heavy atom. The van der Waals surface area contributed by atoms with Crippen LogP contribution >= 0.6 is 0 Å². The Kier molecular flexibility index (Phi) is 2.43. The fourth-order valence-electron chi connectivity index (χ4n) is 3.63. The van der Waals surface area contributed by atoms with Crippen LogP contribution in [-0.4, -0.2) is 5.78 Å². The monoisotopic (exact) mass is 260 g/mol. The maximum Gasteiger partial charge on any atom is 0.156 e. The van der Waals surface area contributed by atoms with E-state index in [0.717, 1.165) is 11.6 Å². The Labute approximate surface area is 117 Å². The summed E-state index contributed by atoms with van der Waals surface area (Å²) < 4.78 is 0. The molecule has 0 heterocycles. The summed E-state index contributed by atoms with van der Waals surface area (Å²) in [5, 5.41) is 5.11. The number of benzene rings is 2. The lowest BCUT2D eigenvalue weighted by Crippen LogP contribution is -2.25. The van der Waals surface area contributed by atoms with Crippen molar-refractivity contribution < 1.29 is 4.79 Å². The zero-order chi connectivity index (χ0) is 13.7. The molecule has 0 saturated carbocycles. The SMILES string of the molecule is CC1CC(=O)C=c2ccc3c(c21)CC=c1ccccc1=3. The Morgan fingerprint density at radius 1 is 1.00 bits per heavy atom. The van der Waals surface area contributed by atoms with Crippen LogP contribution in [0, 0.1) is 10.4 Å². The Balaban J connectivity index is 2.22. The molecule has 0 amide bonds. The van der Waals surface area contributed by atoms with E-state index in [1.54, 1.807) is 0 Å². The van der Waals surface area contributed by atoms with E-state index < -0.39 is 0 Å². The van der Waals surface area contributed by atoms with Crippen molar-refractivity contribution in [2.24, 2.45) is 0 Å². The number of hydrogen-bond acceptors (Lipinski definition) is 1. The van der Waals surface area contributed by atoms with E-state index in [1.165, 1.54) is 26.8 Å². The van der Waals surface area contributed by atoms with Gasteiger partial charge >= 0.3 is 0 Å². The summed E-state index contributed by atoms with van der Waals surface area (Å²) in [6.45, 7) is 2.17. The summed E-state index contributed by atoms with van der Waals surface area (Å²) in [6.07, 6.45) is 5.74. The molecule has 1 nitrogen and oxygen atoms in total. The lowest BCUT2D eigenvalue weighted by atomic mass is 9.82. The maximum absolute atomic E-state index is 11.7. The molecule has 1 heteroatoms. The first-order valence-electron chi connectivity index (χ1n) is 7.20. The van der Waals surface area contributed by atoms with Gasteiger partial charge in [0, 0.05) is 6.42 Å². The molecule has 0 aliphatic heterocycles. The third-order valence-corrected chi connectivity index (χ3v) is 4.48. The Morgan fingerprint density at radius 3 is 2.75 bits per heavy atom. The summed E-state index contributed by atoms with van der Waals surface area (Å²) in [4.78, 5) is 11.7. The number of hydrogen-bond donors (Lipinski definition) is 0. The van der Waals surface area contributed by atoms with E-state index in [0.29, 0.717) is 12.3 Å². The lowest BCUT2D eigenvalue weighted by Gasteiger charge is -2.21. The molecule has 1 unspecified atom stereocenters. The molecule has 0 fully saturated rings. The number of carbonyl (C=O) groups excluding carboxylic acids is 1. The molecule has 0 bridgehead atoms. The summed E-state index contributed by atoms with van der Waals surface area (Å²) in [7, 11) is 0. The van der Waals surface area contributed by atoms with Gasteiger partial charge in [0.05, 0.1) is 0 Å². The molecule has 20 heavy (non-hydrogen) atoms. The third kappa shape index (κ3) is 1.59. The van der Waals surface area contributed by atoms with Gasteiger partial charge in [-0.3, -0.25) is 4.79 Å². The van der Waals surface area contributed by atoms with E-state index in [2.05, 4.69) is 49.4 Å². The molecule has 1 atom stereocenters. The van der Waals surface area contributed by atoms with Gasteiger partial charge in [0.15, 0.2) is 5.78 Å². The van der Waals surface area contributed by atoms with Crippen molar-refractivity contribution in [3.63, 3.8) is 0 Å². The molecular formula is C19H16O. The van der Waals surface area contributed by atoms with Gasteiger partial charge in [0.25, 0.3) is 0 Å². The van der Waals surface area contributed by atoms with Crippen molar-refractivity contribution in [3.05, 3.63) is 68.4 Å². The largest absolute Gasteiger partial charge is 0.295 e. The van der Waals surface area contributed by atoms with Crippen LogP contribution in [0.4, 0.5) is 0 Å². The van der Waals surface area contributed by atoms with Crippen LogP contribution in [0.1, 0.15) is 30.4 Å². The van der Waals surface area contributed by atoms with Gasteiger partial charge < -0.3 is 0 Å². The van der Waals surface area contributed by atoms with Gasteiger partial charge in [-0.15, -0.1) is 0 Å². The zero-order valence-corrected chi connectivity index (χ0v) is 11.5. The molecule has 98 valence electrons. The minimum absolute atomic E-state index is 0.255. The molecule has 2 aromatic carbocycles. The van der Waals surface area contributed by atoms with E-state index in [9.17, 15) is 4.79 Å². The highest BCUT2D eigenvalue weighted by Gasteiger charge is 2.20. The van der Waals surface area contributed by atoms with Gasteiger partial charge in [0.2, 0.25) is 0 Å². The quantitative estimate of drug-likeness (QED) is 0.709. The van der Waals surface area contributed by atoms with Gasteiger partial charge in [-0.2, -0.15) is 0 Å². The van der Waals surface area contributed by atoms with Gasteiger partial charge in [-0.1, -0.05) is 49.4 Å². The van der Waals surface area contributed by atoms with Crippen molar-refractivity contribution >= 4 is 17.9 Å². The maximum atomic E-state index is 11.7. The molecule has 2 aliphatic rings. The number of ketones is 1. The molecule has 0 spiro atoms. The van der Waals surface area contributed by atoms with E-state index in [-0.39, 0.29) is 5.78 Å². The molecule has 2 aliphatic carbocycles. The van der Waals surface area contributed by atoms with Crippen molar-refractivity contribution in [1.29, 1.82) is 0 Å². The number of Topliss-reactive ketones (excluding diaryl/α,β-unsaturated/α-hetero) is 1. The highest BCUT2D eigenvalue weighted by atomic mass is 16.1. The highest BCUT2D eigenvalue weighted by molar-refractivity contribution is 6.07. The highest BCUT2D eigenvalue weighted by Crippen LogP contribution is 2.25. The van der Waals surface area contributed by atoms with Crippen LogP contribution in [-0.2, 0) is 11.2 Å². The minimum Gasteiger partial charge on any atom is -0.295 e. The first kappa shape index (κ1) is 11.7. The Bertz CT molecular complexity index is 935.